The molecular weight excluding hydrogens is 390 g/mol. The number of carbonyl (C=O) groups is 1. The summed E-state index contributed by atoms with van der Waals surface area (Å²) >= 11 is 0. The summed E-state index contributed by atoms with van der Waals surface area (Å²) < 4.78 is 11.0. The average Bonchev–Trinajstić information content (AvgIpc) is 3.18. The van der Waals surface area contributed by atoms with E-state index >= 15 is 0 Å². The molecule has 2 heterocycles. The van der Waals surface area contributed by atoms with Crippen molar-refractivity contribution in [3.05, 3.63) is 59.4 Å². The first-order valence-electron chi connectivity index (χ1n) is 10.7. The fraction of sp³-hybridized carbons (Fsp3) is 0.360. The lowest BCUT2D eigenvalue weighted by Gasteiger charge is -2.47. The minimum absolute atomic E-state index is 0.139. The number of furan rings is 1. The van der Waals surface area contributed by atoms with E-state index in [-0.39, 0.29) is 11.3 Å². The van der Waals surface area contributed by atoms with E-state index < -0.39 is 5.91 Å². The highest BCUT2D eigenvalue weighted by Gasteiger charge is 2.35. The van der Waals surface area contributed by atoms with Gasteiger partial charge in [0.25, 0.3) is 0 Å². The third kappa shape index (κ3) is 3.90. The molecule has 0 bridgehead atoms. The lowest BCUT2D eigenvalue weighted by molar-refractivity contribution is 0.0929. The number of para-hydroxylation sites is 1. The van der Waals surface area contributed by atoms with Crippen molar-refractivity contribution < 1.29 is 13.9 Å². The van der Waals surface area contributed by atoms with Gasteiger partial charge in [-0.3, -0.25) is 4.79 Å². The first kappa shape index (κ1) is 21.0. The molecule has 1 aromatic heterocycles. The molecule has 0 aliphatic carbocycles. The van der Waals surface area contributed by atoms with Crippen LogP contribution in [0.3, 0.4) is 0 Å². The molecule has 1 N–H and O–H groups in total. The predicted molar refractivity (Wildman–Crippen MR) is 124 cm³/mol. The third-order valence-electron chi connectivity index (χ3n) is 6.06. The van der Waals surface area contributed by atoms with Crippen LogP contribution in [0, 0.1) is 0 Å². The Morgan fingerprint density at radius 2 is 2.13 bits per heavy atom. The molecule has 0 fully saturated rings. The topological polar surface area (TPSA) is 67.1 Å². The number of hydrogen-bond acceptors (Lipinski definition) is 5. The van der Waals surface area contributed by atoms with Crippen LogP contribution in [0.2, 0.25) is 0 Å². The summed E-state index contributed by atoms with van der Waals surface area (Å²) in [5, 5.41) is 4.95. The van der Waals surface area contributed by atoms with Gasteiger partial charge in [0.15, 0.2) is 17.1 Å². The van der Waals surface area contributed by atoms with Gasteiger partial charge < -0.3 is 14.1 Å². The van der Waals surface area contributed by atoms with Crippen LogP contribution in [0.15, 0.2) is 52.0 Å². The third-order valence-corrected chi connectivity index (χ3v) is 6.06. The second-order valence-electron chi connectivity index (χ2n) is 8.67. The van der Waals surface area contributed by atoms with Gasteiger partial charge in [0, 0.05) is 23.2 Å². The SMILES string of the molecule is CCN1c2ccc(/C=N\NC(=O)c3cc4cccc(OC)c4o3)cc2[C@H](C)CC1(C)C. The maximum absolute atomic E-state index is 12.5. The van der Waals surface area contributed by atoms with Gasteiger partial charge in [0.1, 0.15) is 0 Å². The van der Waals surface area contributed by atoms with Crippen LogP contribution < -0.4 is 15.1 Å². The monoisotopic (exact) mass is 419 g/mol. The van der Waals surface area contributed by atoms with Crippen molar-refractivity contribution in [2.45, 2.75) is 45.6 Å². The summed E-state index contributed by atoms with van der Waals surface area (Å²) in [5.74, 6) is 0.838. The minimum atomic E-state index is -0.403. The summed E-state index contributed by atoms with van der Waals surface area (Å²) in [6.07, 6.45) is 2.77. The molecule has 0 spiro atoms. The Bertz CT molecular complexity index is 1150. The minimum Gasteiger partial charge on any atom is -0.493 e. The Morgan fingerprint density at radius 3 is 2.87 bits per heavy atom. The first-order valence-corrected chi connectivity index (χ1v) is 10.7. The first-order chi connectivity index (χ1) is 14.8. The van der Waals surface area contributed by atoms with E-state index in [1.807, 2.05) is 18.2 Å². The normalized spacial score (nSPS) is 17.7. The summed E-state index contributed by atoms with van der Waals surface area (Å²) in [4.78, 5) is 14.9. The van der Waals surface area contributed by atoms with Crippen molar-refractivity contribution in [2.75, 3.05) is 18.6 Å². The predicted octanol–water partition coefficient (Wildman–Crippen LogP) is 5.32. The van der Waals surface area contributed by atoms with Crippen molar-refractivity contribution in [1.82, 2.24) is 5.43 Å². The molecule has 1 aliphatic heterocycles. The fourth-order valence-electron chi connectivity index (χ4n) is 4.72. The van der Waals surface area contributed by atoms with Gasteiger partial charge in [-0.1, -0.05) is 25.1 Å². The molecule has 1 amide bonds. The molecule has 0 radical (unpaired) electrons. The van der Waals surface area contributed by atoms with E-state index in [2.05, 4.69) is 55.3 Å². The highest BCUT2D eigenvalue weighted by molar-refractivity contribution is 5.97. The number of hydrazone groups is 1. The zero-order valence-corrected chi connectivity index (χ0v) is 18.7. The van der Waals surface area contributed by atoms with Crippen LogP contribution in [-0.4, -0.2) is 31.3 Å². The zero-order chi connectivity index (χ0) is 22.2. The number of ether oxygens (including phenoxy) is 1. The second-order valence-corrected chi connectivity index (χ2v) is 8.67. The number of benzene rings is 2. The number of carbonyl (C=O) groups excluding carboxylic acids is 1. The van der Waals surface area contributed by atoms with E-state index in [4.69, 9.17) is 9.15 Å². The summed E-state index contributed by atoms with van der Waals surface area (Å²) in [6, 6.07) is 13.6. The number of fused-ring (bicyclic) bond motifs is 2. The van der Waals surface area contributed by atoms with E-state index in [1.54, 1.807) is 25.5 Å². The van der Waals surface area contributed by atoms with Crippen molar-refractivity contribution in [3.63, 3.8) is 0 Å². The molecule has 6 heteroatoms. The molecule has 0 unspecified atom stereocenters. The van der Waals surface area contributed by atoms with Crippen LogP contribution in [0.1, 0.15) is 61.7 Å². The molecular formula is C25H29N3O3. The molecule has 4 rings (SSSR count). The van der Waals surface area contributed by atoms with Crippen LogP contribution in [0.5, 0.6) is 5.75 Å². The molecule has 2 aromatic carbocycles. The fourth-order valence-corrected chi connectivity index (χ4v) is 4.72. The number of nitrogens with one attached hydrogen (secondary N) is 1. The van der Waals surface area contributed by atoms with E-state index in [9.17, 15) is 4.79 Å². The van der Waals surface area contributed by atoms with Crippen LogP contribution in [-0.2, 0) is 0 Å². The van der Waals surface area contributed by atoms with Crippen molar-refractivity contribution >= 4 is 28.8 Å². The number of rotatable bonds is 5. The summed E-state index contributed by atoms with van der Waals surface area (Å²) in [7, 11) is 1.57. The van der Waals surface area contributed by atoms with Gasteiger partial charge in [-0.25, -0.2) is 5.43 Å². The molecule has 0 saturated carbocycles. The van der Waals surface area contributed by atoms with Gasteiger partial charge in [-0.05, 0) is 68.5 Å². The van der Waals surface area contributed by atoms with Crippen LogP contribution in [0.25, 0.3) is 11.0 Å². The van der Waals surface area contributed by atoms with Crippen molar-refractivity contribution in [3.8, 4) is 5.75 Å². The molecule has 31 heavy (non-hydrogen) atoms. The van der Waals surface area contributed by atoms with Gasteiger partial charge in [0.05, 0.1) is 13.3 Å². The Balaban J connectivity index is 1.51. The number of amides is 1. The van der Waals surface area contributed by atoms with E-state index in [1.165, 1.54) is 11.3 Å². The van der Waals surface area contributed by atoms with Gasteiger partial charge in [-0.2, -0.15) is 5.10 Å². The number of methoxy groups -OCH3 is 1. The van der Waals surface area contributed by atoms with Gasteiger partial charge in [0.2, 0.25) is 0 Å². The van der Waals surface area contributed by atoms with Crippen LogP contribution >= 0.6 is 0 Å². The highest BCUT2D eigenvalue weighted by atomic mass is 16.5. The van der Waals surface area contributed by atoms with Gasteiger partial charge >= 0.3 is 5.91 Å². The highest BCUT2D eigenvalue weighted by Crippen LogP contribution is 2.43. The lowest BCUT2D eigenvalue weighted by atomic mass is 9.79. The second kappa shape index (κ2) is 8.10. The molecule has 0 saturated heterocycles. The molecule has 162 valence electrons. The Hall–Kier alpha value is -3.28. The Labute approximate surface area is 182 Å². The van der Waals surface area contributed by atoms with E-state index in [0.717, 1.165) is 23.9 Å². The molecule has 3 aromatic rings. The smallest absolute Gasteiger partial charge is 0.307 e. The maximum atomic E-state index is 12.5. The number of anilines is 1. The largest absolute Gasteiger partial charge is 0.493 e. The summed E-state index contributed by atoms with van der Waals surface area (Å²) in [6.45, 7) is 10.0. The lowest BCUT2D eigenvalue weighted by Crippen LogP contribution is -2.48. The van der Waals surface area contributed by atoms with Crippen LogP contribution in [0.4, 0.5) is 5.69 Å². The standard InChI is InChI=1S/C25H29N3O3/c1-6-28-20-11-10-17(12-19(20)16(2)14-25(28,3)4)15-26-27-24(29)22-13-18-8-7-9-21(30-5)23(18)31-22/h7-13,15-16H,6,14H2,1-5H3,(H,27,29)/b26-15-/t16-/m1/s1. The molecule has 1 aliphatic rings. The summed E-state index contributed by atoms with van der Waals surface area (Å²) in [5.41, 5.74) is 6.80. The van der Waals surface area contributed by atoms with E-state index in [0.29, 0.717) is 17.3 Å². The molecule has 6 nitrogen and oxygen atoms in total. The quantitative estimate of drug-likeness (QED) is 0.449. The van der Waals surface area contributed by atoms with Crippen molar-refractivity contribution in [2.24, 2.45) is 5.10 Å². The maximum Gasteiger partial charge on any atom is 0.307 e. The Kier molecular flexibility index (Phi) is 5.48. The average molecular weight is 420 g/mol. The number of nitrogens with zero attached hydrogens (tertiary/aromatic N) is 2. The zero-order valence-electron chi connectivity index (χ0n) is 18.7. The Morgan fingerprint density at radius 1 is 1.32 bits per heavy atom. The van der Waals surface area contributed by atoms with Gasteiger partial charge in [-0.15, -0.1) is 0 Å². The number of hydrogen-bond donors (Lipinski definition) is 1. The van der Waals surface area contributed by atoms with Crippen molar-refractivity contribution in [1.29, 1.82) is 0 Å². The molecule has 1 atom stereocenters.